The van der Waals surface area contributed by atoms with Gasteiger partial charge in [-0.15, -0.1) is 12.4 Å². The second kappa shape index (κ2) is 2.51. The summed E-state index contributed by atoms with van der Waals surface area (Å²) >= 11 is 0. The molecule has 0 aromatic heterocycles. The fraction of sp³-hybridized carbons (Fsp3) is 1.00. The summed E-state index contributed by atoms with van der Waals surface area (Å²) in [6.07, 6.45) is -2.92. The zero-order valence-electron chi connectivity index (χ0n) is 6.40. The standard InChI is InChI=1S/C7H10F3N.ClH/c8-7(9,10)6(11)2-4-1-5(4)3-6;/h4-5H,1-3,11H2;1H/t4-,5+,6?;. The zero-order chi connectivity index (χ0) is 8.28. The first-order valence-electron chi connectivity index (χ1n) is 3.78. The van der Waals surface area contributed by atoms with Gasteiger partial charge >= 0.3 is 6.18 Å². The summed E-state index contributed by atoms with van der Waals surface area (Å²) in [6, 6.07) is 0. The molecule has 5 heteroatoms. The van der Waals surface area contributed by atoms with Crippen molar-refractivity contribution in [3.05, 3.63) is 0 Å². The smallest absolute Gasteiger partial charge is 0.318 e. The van der Waals surface area contributed by atoms with Crippen LogP contribution in [0.25, 0.3) is 0 Å². The quantitative estimate of drug-likeness (QED) is 0.638. The predicted molar refractivity (Wildman–Crippen MR) is 41.1 cm³/mol. The Balaban J connectivity index is 0.000000720. The summed E-state index contributed by atoms with van der Waals surface area (Å²) in [5, 5.41) is 0. The highest BCUT2D eigenvalue weighted by molar-refractivity contribution is 5.85. The summed E-state index contributed by atoms with van der Waals surface area (Å²) < 4.78 is 36.6. The third kappa shape index (κ3) is 1.31. The lowest BCUT2D eigenvalue weighted by Gasteiger charge is -2.28. The summed E-state index contributed by atoms with van der Waals surface area (Å²) in [4.78, 5) is 0. The maximum atomic E-state index is 12.2. The van der Waals surface area contributed by atoms with Crippen molar-refractivity contribution in [2.75, 3.05) is 0 Å². The molecule has 0 aliphatic heterocycles. The molecule has 2 aliphatic carbocycles. The molecule has 1 unspecified atom stereocenters. The first-order chi connectivity index (χ1) is 4.92. The second-order valence-electron chi connectivity index (χ2n) is 3.82. The minimum atomic E-state index is -4.19. The maximum Gasteiger partial charge on any atom is 0.406 e. The molecule has 0 heterocycles. The van der Waals surface area contributed by atoms with Gasteiger partial charge in [0.1, 0.15) is 5.54 Å². The number of halogens is 4. The molecule has 2 rings (SSSR count). The van der Waals surface area contributed by atoms with E-state index in [1.54, 1.807) is 0 Å². The minimum Gasteiger partial charge on any atom is -0.318 e. The van der Waals surface area contributed by atoms with Gasteiger partial charge in [0.25, 0.3) is 0 Å². The van der Waals surface area contributed by atoms with E-state index < -0.39 is 11.7 Å². The summed E-state index contributed by atoms with van der Waals surface area (Å²) in [7, 11) is 0. The van der Waals surface area contributed by atoms with Crippen LogP contribution >= 0.6 is 12.4 Å². The number of hydrogen-bond acceptors (Lipinski definition) is 1. The van der Waals surface area contributed by atoms with Crippen molar-refractivity contribution in [2.24, 2.45) is 17.6 Å². The Bertz CT molecular complexity index is 182. The van der Waals surface area contributed by atoms with Crippen LogP contribution in [0.5, 0.6) is 0 Å². The number of hydrogen-bond donors (Lipinski definition) is 1. The van der Waals surface area contributed by atoms with Gasteiger partial charge in [-0.05, 0) is 31.1 Å². The van der Waals surface area contributed by atoms with Crippen molar-refractivity contribution in [3.8, 4) is 0 Å². The minimum absolute atomic E-state index is 0. The Labute approximate surface area is 74.9 Å². The molecule has 2 saturated carbocycles. The van der Waals surface area contributed by atoms with Gasteiger partial charge in [0.05, 0.1) is 0 Å². The molecule has 72 valence electrons. The molecule has 0 amide bonds. The predicted octanol–water partition coefficient (Wildman–Crippen LogP) is 2.10. The first kappa shape index (κ1) is 10.1. The third-order valence-corrected chi connectivity index (χ3v) is 2.89. The molecular formula is C7H11ClF3N. The Morgan fingerprint density at radius 2 is 1.58 bits per heavy atom. The highest BCUT2D eigenvalue weighted by Gasteiger charge is 2.63. The van der Waals surface area contributed by atoms with E-state index in [9.17, 15) is 13.2 Å². The van der Waals surface area contributed by atoms with Crippen LogP contribution in [0, 0.1) is 11.8 Å². The highest BCUT2D eigenvalue weighted by atomic mass is 35.5. The monoisotopic (exact) mass is 201 g/mol. The Hall–Kier alpha value is 0.0400. The highest BCUT2D eigenvalue weighted by Crippen LogP contribution is 2.59. The molecule has 0 aromatic rings. The lowest BCUT2D eigenvalue weighted by Crippen LogP contribution is -2.52. The van der Waals surface area contributed by atoms with Gasteiger partial charge in [-0.3, -0.25) is 0 Å². The maximum absolute atomic E-state index is 12.2. The van der Waals surface area contributed by atoms with Gasteiger partial charge in [-0.2, -0.15) is 13.2 Å². The topological polar surface area (TPSA) is 26.0 Å². The van der Waals surface area contributed by atoms with E-state index in [1.807, 2.05) is 0 Å². The van der Waals surface area contributed by atoms with E-state index in [-0.39, 0.29) is 37.1 Å². The van der Waals surface area contributed by atoms with E-state index in [1.165, 1.54) is 0 Å². The van der Waals surface area contributed by atoms with Crippen LogP contribution in [0.1, 0.15) is 19.3 Å². The molecule has 0 bridgehead atoms. The van der Waals surface area contributed by atoms with Crippen LogP contribution in [-0.4, -0.2) is 11.7 Å². The molecule has 3 atom stereocenters. The first-order valence-corrected chi connectivity index (χ1v) is 3.78. The van der Waals surface area contributed by atoms with Crippen LogP contribution < -0.4 is 5.73 Å². The fourth-order valence-electron chi connectivity index (χ4n) is 2.06. The summed E-state index contributed by atoms with van der Waals surface area (Å²) in [5.74, 6) is 0.559. The van der Waals surface area contributed by atoms with Crippen LogP contribution in [0.2, 0.25) is 0 Å². The average molecular weight is 202 g/mol. The van der Waals surface area contributed by atoms with Crippen LogP contribution in [0.15, 0.2) is 0 Å². The lowest BCUT2D eigenvalue weighted by atomic mass is 9.94. The van der Waals surface area contributed by atoms with Gasteiger partial charge in [0.2, 0.25) is 0 Å². The van der Waals surface area contributed by atoms with E-state index >= 15 is 0 Å². The Morgan fingerprint density at radius 3 is 1.83 bits per heavy atom. The number of rotatable bonds is 0. The van der Waals surface area contributed by atoms with E-state index in [4.69, 9.17) is 5.73 Å². The molecule has 1 nitrogen and oxygen atoms in total. The van der Waals surface area contributed by atoms with E-state index in [0.29, 0.717) is 0 Å². The molecular weight excluding hydrogens is 191 g/mol. The number of alkyl halides is 3. The summed E-state index contributed by atoms with van der Waals surface area (Å²) in [6.45, 7) is 0. The van der Waals surface area contributed by atoms with E-state index in [2.05, 4.69) is 0 Å². The lowest BCUT2D eigenvalue weighted by molar-refractivity contribution is -0.186. The SMILES string of the molecule is Cl.NC1(C(F)(F)F)C[C@H]2C[C@H]2C1. The molecule has 2 aliphatic rings. The van der Waals surface area contributed by atoms with Gasteiger partial charge in [-0.25, -0.2) is 0 Å². The number of fused-ring (bicyclic) bond motifs is 1. The van der Waals surface area contributed by atoms with Gasteiger partial charge in [0.15, 0.2) is 0 Å². The molecule has 12 heavy (non-hydrogen) atoms. The van der Waals surface area contributed by atoms with Gasteiger partial charge < -0.3 is 5.73 Å². The van der Waals surface area contributed by atoms with Crippen molar-refractivity contribution >= 4 is 12.4 Å². The molecule has 0 radical (unpaired) electrons. The fourth-order valence-corrected chi connectivity index (χ4v) is 2.06. The van der Waals surface area contributed by atoms with Crippen molar-refractivity contribution in [1.29, 1.82) is 0 Å². The molecule has 0 spiro atoms. The van der Waals surface area contributed by atoms with Crippen LogP contribution in [0.4, 0.5) is 13.2 Å². The van der Waals surface area contributed by atoms with Crippen molar-refractivity contribution in [2.45, 2.75) is 31.0 Å². The average Bonchev–Trinajstić information content (AvgIpc) is 2.38. The normalized spacial score (nSPS) is 45.0. The zero-order valence-corrected chi connectivity index (χ0v) is 7.21. The second-order valence-corrected chi connectivity index (χ2v) is 3.82. The van der Waals surface area contributed by atoms with Crippen LogP contribution in [0.3, 0.4) is 0 Å². The molecule has 2 fully saturated rings. The van der Waals surface area contributed by atoms with Crippen LogP contribution in [-0.2, 0) is 0 Å². The van der Waals surface area contributed by atoms with Crippen molar-refractivity contribution < 1.29 is 13.2 Å². The molecule has 0 aromatic carbocycles. The summed E-state index contributed by atoms with van der Waals surface area (Å²) in [5.41, 5.74) is 3.39. The van der Waals surface area contributed by atoms with Gasteiger partial charge in [0, 0.05) is 0 Å². The Kier molecular flexibility index (Phi) is 2.12. The molecule has 0 saturated heterocycles. The van der Waals surface area contributed by atoms with E-state index in [0.717, 1.165) is 6.42 Å². The largest absolute Gasteiger partial charge is 0.406 e. The van der Waals surface area contributed by atoms with Gasteiger partial charge in [-0.1, -0.05) is 0 Å². The third-order valence-electron chi connectivity index (χ3n) is 2.89. The molecule has 2 N–H and O–H groups in total. The van der Waals surface area contributed by atoms with Crippen molar-refractivity contribution in [1.82, 2.24) is 0 Å². The number of nitrogens with two attached hydrogens (primary N) is 1. The van der Waals surface area contributed by atoms with Crippen molar-refractivity contribution in [3.63, 3.8) is 0 Å². The Morgan fingerprint density at radius 1 is 1.17 bits per heavy atom.